The normalized spacial score (nSPS) is 15.9. The Morgan fingerprint density at radius 1 is 1.32 bits per heavy atom. The van der Waals surface area contributed by atoms with Gasteiger partial charge in [0.15, 0.2) is 11.5 Å². The molecule has 0 spiro atoms. The molecule has 2 atom stereocenters. The third-order valence-corrected chi connectivity index (χ3v) is 3.12. The highest BCUT2D eigenvalue weighted by atomic mass is 35.5. The van der Waals surface area contributed by atoms with Gasteiger partial charge in [-0.25, -0.2) is 0 Å². The van der Waals surface area contributed by atoms with Crippen LogP contribution in [0.4, 0.5) is 0 Å². The molecule has 0 amide bonds. The highest BCUT2D eigenvalue weighted by Gasteiger charge is 2.25. The molecule has 0 aromatic heterocycles. The molecule has 5 nitrogen and oxygen atoms in total. The third kappa shape index (κ3) is 3.05. The van der Waals surface area contributed by atoms with Crippen molar-refractivity contribution >= 4 is 12.4 Å². The fraction of sp³-hybridized carbons (Fsp3) is 0.538. The molecule has 1 heterocycles. The van der Waals surface area contributed by atoms with Crippen LogP contribution in [0.3, 0.4) is 0 Å². The molecular weight excluding hydrogens is 270 g/mol. The van der Waals surface area contributed by atoms with Crippen molar-refractivity contribution < 1.29 is 19.3 Å². The minimum Gasteiger partial charge on any atom is -0.493 e. The van der Waals surface area contributed by atoms with Crippen LogP contribution in [-0.2, 0) is 0 Å². The molecule has 3 N–H and O–H groups in total. The Labute approximate surface area is 119 Å². The summed E-state index contributed by atoms with van der Waals surface area (Å²) in [5.74, 6) is 1.85. The van der Waals surface area contributed by atoms with Crippen molar-refractivity contribution in [1.82, 2.24) is 0 Å². The Kier molecular flexibility index (Phi) is 5.29. The Bertz CT molecular complexity index is 439. The molecule has 1 aliphatic rings. The monoisotopic (exact) mass is 289 g/mol. The molecule has 0 unspecified atom stereocenters. The number of hydrogen-bond acceptors (Lipinski definition) is 5. The maximum atomic E-state index is 10.0. The zero-order chi connectivity index (χ0) is 13.3. The van der Waals surface area contributed by atoms with E-state index >= 15 is 0 Å². The van der Waals surface area contributed by atoms with Crippen molar-refractivity contribution in [3.8, 4) is 17.2 Å². The highest BCUT2D eigenvalue weighted by molar-refractivity contribution is 5.85. The first kappa shape index (κ1) is 15.9. The van der Waals surface area contributed by atoms with Crippen LogP contribution in [0.2, 0.25) is 0 Å². The Hall–Kier alpha value is -1.17. The molecule has 2 rings (SSSR count). The van der Waals surface area contributed by atoms with Crippen molar-refractivity contribution in [2.45, 2.75) is 26.0 Å². The molecule has 1 aromatic carbocycles. The molecule has 19 heavy (non-hydrogen) atoms. The summed E-state index contributed by atoms with van der Waals surface area (Å²) in [5.41, 5.74) is 6.83. The van der Waals surface area contributed by atoms with Crippen LogP contribution in [0.5, 0.6) is 17.2 Å². The fourth-order valence-electron chi connectivity index (χ4n) is 1.95. The average molecular weight is 290 g/mol. The van der Waals surface area contributed by atoms with Gasteiger partial charge in [0.2, 0.25) is 12.5 Å². The number of halogens is 1. The van der Waals surface area contributed by atoms with Crippen LogP contribution in [0, 0.1) is 5.92 Å². The predicted octanol–water partition coefficient (Wildman–Crippen LogP) is 1.86. The van der Waals surface area contributed by atoms with Gasteiger partial charge in [-0.1, -0.05) is 13.8 Å². The van der Waals surface area contributed by atoms with Crippen molar-refractivity contribution in [2.24, 2.45) is 11.7 Å². The number of fused-ring (bicyclic) bond motifs is 1. The smallest absolute Gasteiger partial charge is 0.231 e. The summed E-state index contributed by atoms with van der Waals surface area (Å²) in [5, 5.41) is 10.0. The summed E-state index contributed by atoms with van der Waals surface area (Å²) in [7, 11) is 1.56. The second-order valence-corrected chi connectivity index (χ2v) is 4.72. The van der Waals surface area contributed by atoms with Crippen molar-refractivity contribution in [3.05, 3.63) is 17.7 Å². The third-order valence-electron chi connectivity index (χ3n) is 3.12. The lowest BCUT2D eigenvalue weighted by atomic mass is 9.94. The Balaban J connectivity index is 0.00000180. The van der Waals surface area contributed by atoms with E-state index in [-0.39, 0.29) is 25.1 Å². The number of nitrogens with two attached hydrogens (primary N) is 1. The van der Waals surface area contributed by atoms with Crippen molar-refractivity contribution in [2.75, 3.05) is 13.9 Å². The maximum Gasteiger partial charge on any atom is 0.231 e. The predicted molar refractivity (Wildman–Crippen MR) is 74.1 cm³/mol. The van der Waals surface area contributed by atoms with Crippen LogP contribution in [-0.4, -0.2) is 25.1 Å². The molecule has 0 aliphatic carbocycles. The quantitative estimate of drug-likeness (QED) is 0.885. The molecule has 108 valence electrons. The van der Waals surface area contributed by atoms with Gasteiger partial charge in [-0.05, 0) is 23.6 Å². The average Bonchev–Trinajstić information content (AvgIpc) is 2.83. The lowest BCUT2D eigenvalue weighted by Crippen LogP contribution is -2.30. The van der Waals surface area contributed by atoms with Crippen molar-refractivity contribution in [3.63, 3.8) is 0 Å². The molecule has 0 radical (unpaired) electrons. The topological polar surface area (TPSA) is 73.9 Å². The van der Waals surface area contributed by atoms with Crippen LogP contribution >= 0.6 is 12.4 Å². The van der Waals surface area contributed by atoms with E-state index in [0.29, 0.717) is 17.2 Å². The van der Waals surface area contributed by atoms with Gasteiger partial charge >= 0.3 is 0 Å². The number of aliphatic hydroxyl groups is 1. The van der Waals surface area contributed by atoms with E-state index in [1.165, 1.54) is 0 Å². The fourth-order valence-corrected chi connectivity index (χ4v) is 1.95. The lowest BCUT2D eigenvalue weighted by molar-refractivity contribution is 0.0978. The first-order chi connectivity index (χ1) is 8.54. The summed E-state index contributed by atoms with van der Waals surface area (Å²) in [6.45, 7) is 4.03. The number of benzene rings is 1. The van der Waals surface area contributed by atoms with Gasteiger partial charge in [0.05, 0.1) is 19.3 Å². The molecule has 0 fully saturated rings. The first-order valence-electron chi connectivity index (χ1n) is 5.95. The number of hydrogen-bond donors (Lipinski definition) is 2. The molecule has 6 heteroatoms. The molecule has 1 aliphatic heterocycles. The summed E-state index contributed by atoms with van der Waals surface area (Å²) < 4.78 is 15.9. The largest absolute Gasteiger partial charge is 0.493 e. The molecule has 0 saturated carbocycles. The maximum absolute atomic E-state index is 10.0. The van der Waals surface area contributed by atoms with Gasteiger partial charge in [0.1, 0.15) is 0 Å². The summed E-state index contributed by atoms with van der Waals surface area (Å²) >= 11 is 0. The highest BCUT2D eigenvalue weighted by Crippen LogP contribution is 2.43. The van der Waals surface area contributed by atoms with Gasteiger partial charge < -0.3 is 25.1 Å². The van der Waals surface area contributed by atoms with E-state index in [1.807, 2.05) is 13.8 Å². The summed E-state index contributed by atoms with van der Waals surface area (Å²) in [6.07, 6.45) is -0.616. The van der Waals surface area contributed by atoms with Gasteiger partial charge in [-0.3, -0.25) is 0 Å². The zero-order valence-corrected chi connectivity index (χ0v) is 12.1. The first-order valence-corrected chi connectivity index (χ1v) is 5.95. The van der Waals surface area contributed by atoms with Crippen LogP contribution < -0.4 is 19.9 Å². The zero-order valence-electron chi connectivity index (χ0n) is 11.3. The molecular formula is C13H20ClNO4. The van der Waals surface area contributed by atoms with Gasteiger partial charge in [0.25, 0.3) is 0 Å². The second kappa shape index (κ2) is 6.32. The molecule has 0 bridgehead atoms. The van der Waals surface area contributed by atoms with Gasteiger partial charge in [-0.15, -0.1) is 12.4 Å². The van der Waals surface area contributed by atoms with Gasteiger partial charge in [0, 0.05) is 0 Å². The van der Waals surface area contributed by atoms with E-state index in [4.69, 9.17) is 19.9 Å². The second-order valence-electron chi connectivity index (χ2n) is 4.72. The van der Waals surface area contributed by atoms with E-state index < -0.39 is 12.1 Å². The molecule has 0 saturated heterocycles. The number of aliphatic hydroxyl groups excluding tert-OH is 1. The van der Waals surface area contributed by atoms with Crippen LogP contribution in [0.1, 0.15) is 25.5 Å². The van der Waals surface area contributed by atoms with E-state index in [0.717, 1.165) is 5.56 Å². The summed E-state index contributed by atoms with van der Waals surface area (Å²) in [6, 6.07) is 3.10. The van der Waals surface area contributed by atoms with Gasteiger partial charge in [-0.2, -0.15) is 0 Å². The van der Waals surface area contributed by atoms with E-state index in [1.54, 1.807) is 19.2 Å². The van der Waals surface area contributed by atoms with E-state index in [2.05, 4.69) is 0 Å². The number of methoxy groups -OCH3 is 1. The Morgan fingerprint density at radius 3 is 2.58 bits per heavy atom. The van der Waals surface area contributed by atoms with E-state index in [9.17, 15) is 5.11 Å². The van der Waals surface area contributed by atoms with Crippen LogP contribution in [0.15, 0.2) is 12.1 Å². The van der Waals surface area contributed by atoms with Crippen molar-refractivity contribution in [1.29, 1.82) is 0 Å². The number of rotatable bonds is 4. The lowest BCUT2D eigenvalue weighted by Gasteiger charge is -2.23. The van der Waals surface area contributed by atoms with Crippen LogP contribution in [0.25, 0.3) is 0 Å². The Morgan fingerprint density at radius 2 is 2.00 bits per heavy atom. The minimum atomic E-state index is -0.616. The number of ether oxygens (including phenoxy) is 3. The summed E-state index contributed by atoms with van der Waals surface area (Å²) in [4.78, 5) is 0. The minimum absolute atomic E-state index is 0. The molecule has 1 aromatic rings. The SMILES string of the molecule is COc1cc([C@H](N)[C@H](O)C(C)C)cc2c1OCO2.Cl. The standard InChI is InChI=1S/C13H19NO4.ClH/c1-7(2)12(15)11(14)8-4-9(16-3)13-10(5-8)17-6-18-13;/h4-5,7,11-12,15H,6,14H2,1-3H3;1H/t11-,12+;/m0./s1.